The van der Waals surface area contributed by atoms with Crippen molar-refractivity contribution in [2.45, 2.75) is 44.6 Å². The fourth-order valence-corrected chi connectivity index (χ4v) is 3.92. The van der Waals surface area contributed by atoms with E-state index in [2.05, 4.69) is 4.90 Å². The summed E-state index contributed by atoms with van der Waals surface area (Å²) in [5.74, 6) is 0.497. The number of aliphatic carboxylic acids is 1. The lowest BCUT2D eigenvalue weighted by atomic mass is 9.84. The highest BCUT2D eigenvalue weighted by atomic mass is 16.5. The molecule has 2 atom stereocenters. The molecule has 0 unspecified atom stereocenters. The Bertz CT molecular complexity index is 515. The van der Waals surface area contributed by atoms with Crippen molar-refractivity contribution < 1.29 is 14.6 Å². The molecule has 0 amide bonds. The van der Waals surface area contributed by atoms with E-state index < -0.39 is 5.97 Å². The number of ether oxygens (including phenoxy) is 1. The van der Waals surface area contributed by atoms with Crippen molar-refractivity contribution >= 4 is 5.97 Å². The van der Waals surface area contributed by atoms with E-state index in [1.807, 2.05) is 24.3 Å². The second kappa shape index (κ2) is 7.14. The van der Waals surface area contributed by atoms with Gasteiger partial charge in [-0.05, 0) is 44.8 Å². The van der Waals surface area contributed by atoms with Crippen LogP contribution in [0.2, 0.25) is 0 Å². The molecule has 0 aliphatic carbocycles. The number of para-hydroxylation sites is 1. The molecule has 120 valence electrons. The van der Waals surface area contributed by atoms with Gasteiger partial charge in [-0.1, -0.05) is 24.6 Å². The third-order valence-corrected chi connectivity index (χ3v) is 5.00. The van der Waals surface area contributed by atoms with Crippen molar-refractivity contribution in [2.75, 3.05) is 19.7 Å². The van der Waals surface area contributed by atoms with Gasteiger partial charge >= 0.3 is 5.97 Å². The first kappa shape index (κ1) is 15.3. The third kappa shape index (κ3) is 3.61. The number of rotatable bonds is 5. The topological polar surface area (TPSA) is 49.8 Å². The number of carboxylic acids is 1. The van der Waals surface area contributed by atoms with E-state index in [1.165, 1.54) is 45.2 Å². The molecule has 0 radical (unpaired) electrons. The third-order valence-electron chi connectivity index (χ3n) is 5.00. The monoisotopic (exact) mass is 303 g/mol. The summed E-state index contributed by atoms with van der Waals surface area (Å²) >= 11 is 0. The van der Waals surface area contributed by atoms with Gasteiger partial charge in [0.25, 0.3) is 0 Å². The first-order valence-corrected chi connectivity index (χ1v) is 8.40. The van der Waals surface area contributed by atoms with Crippen LogP contribution in [0.15, 0.2) is 24.3 Å². The molecule has 4 nitrogen and oxygen atoms in total. The fourth-order valence-electron chi connectivity index (χ4n) is 3.92. The van der Waals surface area contributed by atoms with Gasteiger partial charge in [-0.15, -0.1) is 0 Å². The standard InChI is InChI=1S/C18H25NO3/c20-18(21)12-14-6-1-2-9-17(14)22-13-15-7-5-11-19-10-4-3-8-16(15)19/h1-2,6,9,15-16H,3-5,7-8,10-13H2,(H,20,21)/t15-,16+/m0/s1. The van der Waals surface area contributed by atoms with Gasteiger partial charge in [0.15, 0.2) is 0 Å². The summed E-state index contributed by atoms with van der Waals surface area (Å²) in [7, 11) is 0. The SMILES string of the molecule is O=C(O)Cc1ccccc1OC[C@@H]1CCCN2CCCC[C@H]12. The molecule has 2 fully saturated rings. The molecule has 0 spiro atoms. The lowest BCUT2D eigenvalue weighted by Gasteiger charge is -2.44. The highest BCUT2D eigenvalue weighted by molar-refractivity contribution is 5.71. The maximum Gasteiger partial charge on any atom is 0.307 e. The minimum absolute atomic E-state index is 0.0242. The largest absolute Gasteiger partial charge is 0.493 e. The lowest BCUT2D eigenvalue weighted by Crippen LogP contribution is -2.49. The number of hydrogen-bond donors (Lipinski definition) is 1. The zero-order valence-electron chi connectivity index (χ0n) is 13.0. The lowest BCUT2D eigenvalue weighted by molar-refractivity contribution is -0.136. The van der Waals surface area contributed by atoms with E-state index in [4.69, 9.17) is 9.84 Å². The average molecular weight is 303 g/mol. The molecule has 1 aromatic rings. The molecule has 4 heteroatoms. The highest BCUT2D eigenvalue weighted by Crippen LogP contribution is 2.31. The van der Waals surface area contributed by atoms with Crippen LogP contribution in [0.25, 0.3) is 0 Å². The van der Waals surface area contributed by atoms with Gasteiger partial charge < -0.3 is 9.84 Å². The summed E-state index contributed by atoms with van der Waals surface area (Å²) in [4.78, 5) is 13.6. The molecule has 22 heavy (non-hydrogen) atoms. The van der Waals surface area contributed by atoms with Gasteiger partial charge in [-0.2, -0.15) is 0 Å². The van der Waals surface area contributed by atoms with E-state index in [0.717, 1.165) is 11.3 Å². The Labute approximate surface area is 132 Å². The minimum atomic E-state index is -0.813. The van der Waals surface area contributed by atoms with Crippen LogP contribution in [0.3, 0.4) is 0 Å². The van der Waals surface area contributed by atoms with Crippen molar-refractivity contribution in [3.05, 3.63) is 29.8 Å². The van der Waals surface area contributed by atoms with Gasteiger partial charge in [0.2, 0.25) is 0 Å². The van der Waals surface area contributed by atoms with Crippen molar-refractivity contribution in [1.82, 2.24) is 4.90 Å². The second-order valence-corrected chi connectivity index (χ2v) is 6.49. The van der Waals surface area contributed by atoms with Crippen LogP contribution in [0.4, 0.5) is 0 Å². The highest BCUT2D eigenvalue weighted by Gasteiger charge is 2.33. The number of piperidine rings is 2. The Balaban J connectivity index is 1.63. The molecular weight excluding hydrogens is 278 g/mol. The van der Waals surface area contributed by atoms with Gasteiger partial charge in [0.05, 0.1) is 13.0 Å². The summed E-state index contributed by atoms with van der Waals surface area (Å²) < 4.78 is 6.04. The predicted molar refractivity (Wildman–Crippen MR) is 85.2 cm³/mol. The van der Waals surface area contributed by atoms with E-state index in [1.54, 1.807) is 0 Å². The van der Waals surface area contributed by atoms with Gasteiger partial charge in [0, 0.05) is 17.5 Å². The normalized spacial score (nSPS) is 25.5. The van der Waals surface area contributed by atoms with Crippen molar-refractivity contribution in [3.63, 3.8) is 0 Å². The molecule has 0 saturated carbocycles. The predicted octanol–water partition coefficient (Wildman–Crippen LogP) is 2.96. The van der Waals surface area contributed by atoms with Gasteiger partial charge in [-0.3, -0.25) is 9.69 Å². The summed E-state index contributed by atoms with van der Waals surface area (Å²) in [5, 5.41) is 9.00. The zero-order chi connectivity index (χ0) is 15.4. The van der Waals surface area contributed by atoms with Crippen molar-refractivity contribution in [1.29, 1.82) is 0 Å². The molecule has 1 aromatic carbocycles. The Morgan fingerprint density at radius 2 is 2.00 bits per heavy atom. The molecule has 0 aromatic heterocycles. The van der Waals surface area contributed by atoms with Crippen LogP contribution in [0.1, 0.15) is 37.7 Å². The summed E-state index contributed by atoms with van der Waals surface area (Å²) in [5.41, 5.74) is 0.770. The maximum absolute atomic E-state index is 11.0. The van der Waals surface area contributed by atoms with Crippen LogP contribution in [0.5, 0.6) is 5.75 Å². The van der Waals surface area contributed by atoms with Gasteiger partial charge in [0.1, 0.15) is 5.75 Å². The Kier molecular flexibility index (Phi) is 4.98. The molecule has 2 heterocycles. The number of nitrogens with zero attached hydrogens (tertiary/aromatic N) is 1. The molecule has 3 rings (SSSR count). The van der Waals surface area contributed by atoms with Crippen LogP contribution >= 0.6 is 0 Å². The maximum atomic E-state index is 11.0. The Morgan fingerprint density at radius 3 is 2.86 bits per heavy atom. The second-order valence-electron chi connectivity index (χ2n) is 6.49. The van der Waals surface area contributed by atoms with Crippen molar-refractivity contribution in [2.24, 2.45) is 5.92 Å². The number of carbonyl (C=O) groups is 1. The molecule has 1 N–H and O–H groups in total. The van der Waals surface area contributed by atoms with E-state index >= 15 is 0 Å². The number of hydrogen-bond acceptors (Lipinski definition) is 3. The first-order chi connectivity index (χ1) is 10.7. The Hall–Kier alpha value is -1.55. The zero-order valence-corrected chi connectivity index (χ0v) is 13.0. The quantitative estimate of drug-likeness (QED) is 0.908. The van der Waals surface area contributed by atoms with Crippen LogP contribution in [-0.2, 0) is 11.2 Å². The molecule has 0 bridgehead atoms. The number of benzene rings is 1. The van der Waals surface area contributed by atoms with E-state index in [0.29, 0.717) is 18.6 Å². The molecule has 2 aliphatic rings. The Morgan fingerprint density at radius 1 is 1.18 bits per heavy atom. The van der Waals surface area contributed by atoms with Crippen molar-refractivity contribution in [3.8, 4) is 5.75 Å². The summed E-state index contributed by atoms with van der Waals surface area (Å²) in [6.07, 6.45) is 6.43. The van der Waals surface area contributed by atoms with E-state index in [-0.39, 0.29) is 6.42 Å². The van der Waals surface area contributed by atoms with Gasteiger partial charge in [-0.25, -0.2) is 0 Å². The smallest absolute Gasteiger partial charge is 0.307 e. The summed E-state index contributed by atoms with van der Waals surface area (Å²) in [6, 6.07) is 8.18. The minimum Gasteiger partial charge on any atom is -0.493 e. The molecule has 2 aliphatic heterocycles. The fraction of sp³-hybridized carbons (Fsp3) is 0.611. The van der Waals surface area contributed by atoms with E-state index in [9.17, 15) is 4.79 Å². The average Bonchev–Trinajstić information content (AvgIpc) is 2.53. The van der Waals surface area contributed by atoms with Crippen LogP contribution in [0, 0.1) is 5.92 Å². The molecule has 2 saturated heterocycles. The van der Waals surface area contributed by atoms with Crippen LogP contribution < -0.4 is 4.74 Å². The van der Waals surface area contributed by atoms with Crippen LogP contribution in [-0.4, -0.2) is 41.7 Å². The summed E-state index contributed by atoms with van der Waals surface area (Å²) in [6.45, 7) is 3.17. The molecular formula is C18H25NO3. The number of carboxylic acid groups (broad SMARTS) is 1. The number of fused-ring (bicyclic) bond motifs is 1. The first-order valence-electron chi connectivity index (χ1n) is 8.40.